The van der Waals surface area contributed by atoms with Gasteiger partial charge in [0.2, 0.25) is 11.8 Å². The van der Waals surface area contributed by atoms with Gasteiger partial charge in [-0.2, -0.15) is 0 Å². The van der Waals surface area contributed by atoms with E-state index < -0.39 is 30.2 Å². The number of amides is 2. The summed E-state index contributed by atoms with van der Waals surface area (Å²) in [6.07, 6.45) is 9.14. The third-order valence-corrected chi connectivity index (χ3v) is 7.09. The Labute approximate surface area is 208 Å². The average Bonchev–Trinajstić information content (AvgIpc) is 2.79. The molecular weight excluding hydrogens is 450 g/mol. The highest BCUT2D eigenvalue weighted by molar-refractivity contribution is 5.97. The van der Waals surface area contributed by atoms with E-state index in [1.807, 2.05) is 26.0 Å². The van der Waals surface area contributed by atoms with Crippen LogP contribution in [0.2, 0.25) is 0 Å². The fraction of sp³-hybridized carbons (Fsp3) is 0.704. The minimum Gasteiger partial charge on any atom is -0.458 e. The fourth-order valence-electron chi connectivity index (χ4n) is 5.04. The van der Waals surface area contributed by atoms with Crippen molar-refractivity contribution >= 4 is 23.6 Å². The first kappa shape index (κ1) is 28.9. The van der Waals surface area contributed by atoms with Crippen LogP contribution in [0.3, 0.4) is 0 Å². The molecule has 196 valence electrons. The summed E-state index contributed by atoms with van der Waals surface area (Å²) in [5.74, 6) is -1.88. The number of Topliss-reactive ketones (excluding diaryl/α,β-unsaturated/α-hetero) is 1. The van der Waals surface area contributed by atoms with Crippen LogP contribution < -0.4 is 5.32 Å². The number of methoxy groups -OCH3 is 1. The molecule has 8 heteroatoms. The van der Waals surface area contributed by atoms with Gasteiger partial charge in [-0.25, -0.2) is 4.79 Å². The molecule has 0 aliphatic carbocycles. The maximum Gasteiger partial charge on any atom is 0.330 e. The summed E-state index contributed by atoms with van der Waals surface area (Å²) in [5, 5.41) is 13.1. The predicted molar refractivity (Wildman–Crippen MR) is 131 cm³/mol. The second-order valence-corrected chi connectivity index (χ2v) is 10.1. The second kappa shape index (κ2) is 14.3. The average molecular weight is 492 g/mol. The molecule has 2 heterocycles. The normalized spacial score (nSPS) is 32.1. The Kier molecular flexibility index (Phi) is 11.8. The summed E-state index contributed by atoms with van der Waals surface area (Å²) in [7, 11) is 1.57. The van der Waals surface area contributed by atoms with E-state index in [1.165, 1.54) is 6.08 Å². The summed E-state index contributed by atoms with van der Waals surface area (Å²) in [6.45, 7) is 5.65. The molecule has 6 atom stereocenters. The van der Waals surface area contributed by atoms with Gasteiger partial charge in [0.1, 0.15) is 18.0 Å². The van der Waals surface area contributed by atoms with Crippen LogP contribution >= 0.6 is 0 Å². The lowest BCUT2D eigenvalue weighted by molar-refractivity contribution is -0.152. The standard InChI is InChI=1S/C27H41NO7/c1-17-14-18(2)27(35-25(32)13-8-6-5-7-12-22(34-4)26(17)33)19(3)21(29)11-9-10-20-15-23(30)28-24(31)16-20/h7-8,12-13,17-20,22,26-27,33H,5-6,9-11,14-16H2,1-4H3,(H,28,30,31)/b12-7+,13-8+. The lowest BCUT2D eigenvalue weighted by Crippen LogP contribution is -2.39. The number of carbonyl (C=O) groups excluding carboxylic acids is 4. The van der Waals surface area contributed by atoms with Crippen molar-refractivity contribution in [2.24, 2.45) is 23.7 Å². The van der Waals surface area contributed by atoms with Crippen LogP contribution in [0.5, 0.6) is 0 Å². The second-order valence-electron chi connectivity index (χ2n) is 10.1. The number of rotatable bonds is 7. The molecule has 0 bridgehead atoms. The van der Waals surface area contributed by atoms with Crippen LogP contribution in [0.1, 0.15) is 72.1 Å². The van der Waals surface area contributed by atoms with Crippen LogP contribution in [0.15, 0.2) is 24.3 Å². The zero-order valence-corrected chi connectivity index (χ0v) is 21.4. The van der Waals surface area contributed by atoms with E-state index in [9.17, 15) is 24.3 Å². The van der Waals surface area contributed by atoms with Crippen molar-refractivity contribution < 1.29 is 33.8 Å². The van der Waals surface area contributed by atoms with Gasteiger partial charge in [-0.05, 0) is 49.9 Å². The highest BCUT2D eigenvalue weighted by atomic mass is 16.5. The van der Waals surface area contributed by atoms with E-state index in [-0.39, 0.29) is 35.4 Å². The molecule has 2 rings (SSSR count). The number of imide groups is 1. The van der Waals surface area contributed by atoms with Crippen molar-refractivity contribution in [3.05, 3.63) is 24.3 Å². The number of aliphatic hydroxyl groups excluding tert-OH is 1. The monoisotopic (exact) mass is 491 g/mol. The number of allylic oxidation sites excluding steroid dienone is 2. The molecule has 0 spiro atoms. The van der Waals surface area contributed by atoms with Gasteiger partial charge in [0.15, 0.2) is 0 Å². The molecule has 8 nitrogen and oxygen atoms in total. The quantitative estimate of drug-likeness (QED) is 0.319. The number of cyclic esters (lactones) is 1. The Hall–Kier alpha value is -2.32. The minimum atomic E-state index is -0.727. The molecule has 0 aromatic carbocycles. The summed E-state index contributed by atoms with van der Waals surface area (Å²) in [4.78, 5) is 48.7. The molecule has 2 aliphatic heterocycles. The van der Waals surface area contributed by atoms with E-state index in [0.29, 0.717) is 51.4 Å². The molecule has 2 aliphatic rings. The molecular formula is C27H41NO7. The first-order valence-corrected chi connectivity index (χ1v) is 12.7. The van der Waals surface area contributed by atoms with Crippen LogP contribution in [0.25, 0.3) is 0 Å². The number of hydrogen-bond donors (Lipinski definition) is 2. The van der Waals surface area contributed by atoms with Crippen molar-refractivity contribution in [2.45, 2.75) is 90.4 Å². The highest BCUT2D eigenvalue weighted by Crippen LogP contribution is 2.29. The Morgan fingerprint density at radius 3 is 2.46 bits per heavy atom. The molecule has 0 saturated carbocycles. The number of esters is 1. The number of aliphatic hydroxyl groups is 1. The van der Waals surface area contributed by atoms with E-state index in [1.54, 1.807) is 20.1 Å². The smallest absolute Gasteiger partial charge is 0.330 e. The largest absolute Gasteiger partial charge is 0.458 e. The van der Waals surface area contributed by atoms with Crippen molar-refractivity contribution in [3.63, 3.8) is 0 Å². The number of ether oxygens (including phenoxy) is 2. The Morgan fingerprint density at radius 2 is 1.80 bits per heavy atom. The fourth-order valence-corrected chi connectivity index (χ4v) is 5.04. The van der Waals surface area contributed by atoms with Crippen LogP contribution in [-0.2, 0) is 28.7 Å². The van der Waals surface area contributed by atoms with E-state index >= 15 is 0 Å². The third-order valence-electron chi connectivity index (χ3n) is 7.09. The van der Waals surface area contributed by atoms with Crippen molar-refractivity contribution in [1.29, 1.82) is 0 Å². The molecule has 6 unspecified atom stereocenters. The van der Waals surface area contributed by atoms with Crippen LogP contribution in [0, 0.1) is 23.7 Å². The predicted octanol–water partition coefficient (Wildman–Crippen LogP) is 3.27. The first-order valence-electron chi connectivity index (χ1n) is 12.7. The number of carbonyl (C=O) groups is 4. The third kappa shape index (κ3) is 9.33. The summed E-state index contributed by atoms with van der Waals surface area (Å²) in [6, 6.07) is 0. The van der Waals surface area contributed by atoms with Crippen molar-refractivity contribution in [3.8, 4) is 0 Å². The Morgan fingerprint density at radius 1 is 1.14 bits per heavy atom. The summed E-state index contributed by atoms with van der Waals surface area (Å²) in [5.41, 5.74) is 0. The lowest BCUT2D eigenvalue weighted by Gasteiger charge is -2.32. The molecule has 35 heavy (non-hydrogen) atoms. The van der Waals surface area contributed by atoms with Gasteiger partial charge in [-0.1, -0.05) is 39.0 Å². The summed E-state index contributed by atoms with van der Waals surface area (Å²) >= 11 is 0. The Bertz CT molecular complexity index is 789. The van der Waals surface area contributed by atoms with E-state index in [2.05, 4.69) is 5.32 Å². The van der Waals surface area contributed by atoms with Gasteiger partial charge in [-0.15, -0.1) is 0 Å². The lowest BCUT2D eigenvalue weighted by atomic mass is 9.81. The van der Waals surface area contributed by atoms with Gasteiger partial charge >= 0.3 is 5.97 Å². The molecule has 0 aromatic heterocycles. The van der Waals surface area contributed by atoms with Crippen molar-refractivity contribution in [2.75, 3.05) is 7.11 Å². The van der Waals surface area contributed by atoms with Gasteiger partial charge < -0.3 is 14.6 Å². The minimum absolute atomic E-state index is 0.0164. The summed E-state index contributed by atoms with van der Waals surface area (Å²) < 4.78 is 11.2. The van der Waals surface area contributed by atoms with E-state index in [4.69, 9.17) is 9.47 Å². The van der Waals surface area contributed by atoms with Crippen molar-refractivity contribution in [1.82, 2.24) is 5.32 Å². The number of hydrogen-bond acceptors (Lipinski definition) is 7. The number of nitrogens with one attached hydrogen (secondary N) is 1. The zero-order chi connectivity index (χ0) is 26.0. The maximum absolute atomic E-state index is 13.1. The molecule has 2 amide bonds. The van der Waals surface area contributed by atoms with Crippen LogP contribution in [0.4, 0.5) is 0 Å². The van der Waals surface area contributed by atoms with Gasteiger partial charge in [0.05, 0.1) is 12.0 Å². The molecule has 0 radical (unpaired) electrons. The maximum atomic E-state index is 13.1. The number of piperidine rings is 1. The molecule has 1 saturated heterocycles. The number of ketones is 1. The zero-order valence-electron chi connectivity index (χ0n) is 21.4. The van der Waals surface area contributed by atoms with Gasteiger partial charge in [-0.3, -0.25) is 19.7 Å². The topological polar surface area (TPSA) is 119 Å². The van der Waals surface area contributed by atoms with E-state index in [0.717, 1.165) is 0 Å². The first-order chi connectivity index (χ1) is 16.6. The Balaban J connectivity index is 2.05. The van der Waals surface area contributed by atoms with Gasteiger partial charge in [0.25, 0.3) is 0 Å². The SMILES string of the molecule is COC1/C=C/CC/C=C/C(=O)OC(C(C)C(=O)CCCC2CC(=O)NC(=O)C2)C(C)CC(C)C1O. The molecule has 1 fully saturated rings. The van der Waals surface area contributed by atoms with Gasteiger partial charge in [0, 0.05) is 32.4 Å². The molecule has 2 N–H and O–H groups in total. The van der Waals surface area contributed by atoms with Crippen LogP contribution in [-0.4, -0.2) is 54.1 Å². The molecule has 0 aromatic rings. The highest BCUT2D eigenvalue weighted by Gasteiger charge is 2.34.